The Balaban J connectivity index is 2.19. The molecule has 0 aliphatic carbocycles. The summed E-state index contributed by atoms with van der Waals surface area (Å²) in [4.78, 5) is 16.6. The molecule has 2 aromatic rings. The van der Waals surface area contributed by atoms with Crippen molar-refractivity contribution in [1.29, 1.82) is 0 Å². The molecule has 1 aromatic carbocycles. The molecule has 6 heteroatoms. The van der Waals surface area contributed by atoms with Crippen molar-refractivity contribution in [3.63, 3.8) is 0 Å². The molecule has 0 unspecified atom stereocenters. The zero-order chi connectivity index (χ0) is 14.9. The Bertz CT molecular complexity index is 631. The number of nitrogens with one attached hydrogen (secondary N) is 1. The lowest BCUT2D eigenvalue weighted by Gasteiger charge is -2.25. The van der Waals surface area contributed by atoms with Gasteiger partial charge in [0.05, 0.1) is 16.3 Å². The fourth-order valence-corrected chi connectivity index (χ4v) is 3.21. The molecule has 1 amide bonds. The third kappa shape index (κ3) is 3.31. The second kappa shape index (κ2) is 5.71. The summed E-state index contributed by atoms with van der Waals surface area (Å²) in [5.74, 6) is -0.161. The molecule has 0 saturated heterocycles. The van der Waals surface area contributed by atoms with E-state index >= 15 is 0 Å². The first-order chi connectivity index (χ1) is 9.31. The number of benzene rings is 1. The number of fused-ring (bicyclic) bond motifs is 1. The average Bonchev–Trinajstić information content (AvgIpc) is 2.78. The third-order valence-electron chi connectivity index (χ3n) is 3.03. The van der Waals surface area contributed by atoms with Crippen molar-refractivity contribution in [2.45, 2.75) is 31.2 Å². The number of rotatable bonds is 3. The largest absolute Gasteiger partial charge is 0.325 e. The lowest BCUT2D eigenvalue weighted by molar-refractivity contribution is -0.119. The van der Waals surface area contributed by atoms with Crippen LogP contribution in [0.4, 0.5) is 5.69 Å². The van der Waals surface area contributed by atoms with E-state index in [1.807, 2.05) is 45.2 Å². The smallest absolute Gasteiger partial charge is 0.241 e. The van der Waals surface area contributed by atoms with Crippen molar-refractivity contribution in [3.8, 4) is 0 Å². The standard InChI is InChI=1S/C14H19N3OS2/c1-14(2,3)11(15)12(18)16-8-5-6-9-10(7-8)20-13(17-9)19-4/h5-7,11H,15H2,1-4H3,(H,16,18)/t11-/m1/s1. The number of nitrogens with zero attached hydrogens (tertiary/aromatic N) is 1. The zero-order valence-corrected chi connectivity index (χ0v) is 13.7. The van der Waals surface area contributed by atoms with E-state index in [1.54, 1.807) is 23.1 Å². The van der Waals surface area contributed by atoms with Crippen LogP contribution in [-0.4, -0.2) is 23.2 Å². The van der Waals surface area contributed by atoms with Crippen LogP contribution in [0.2, 0.25) is 0 Å². The summed E-state index contributed by atoms with van der Waals surface area (Å²) in [5.41, 5.74) is 7.41. The molecule has 4 nitrogen and oxygen atoms in total. The summed E-state index contributed by atoms with van der Waals surface area (Å²) < 4.78 is 2.09. The molecule has 108 valence electrons. The van der Waals surface area contributed by atoms with E-state index in [-0.39, 0.29) is 11.3 Å². The highest BCUT2D eigenvalue weighted by molar-refractivity contribution is 8.00. The van der Waals surface area contributed by atoms with E-state index in [0.29, 0.717) is 0 Å². The minimum atomic E-state index is -0.540. The molecule has 1 atom stereocenters. The Morgan fingerprint density at radius 3 is 2.75 bits per heavy atom. The molecule has 0 bridgehead atoms. The number of nitrogens with two attached hydrogens (primary N) is 1. The summed E-state index contributed by atoms with van der Waals surface area (Å²) in [7, 11) is 0. The maximum absolute atomic E-state index is 12.1. The maximum Gasteiger partial charge on any atom is 0.241 e. The molecule has 1 heterocycles. The van der Waals surface area contributed by atoms with Crippen molar-refractivity contribution in [3.05, 3.63) is 18.2 Å². The summed E-state index contributed by atoms with van der Waals surface area (Å²) in [6.07, 6.45) is 2.00. The number of anilines is 1. The van der Waals surface area contributed by atoms with E-state index in [4.69, 9.17) is 5.73 Å². The van der Waals surface area contributed by atoms with Gasteiger partial charge in [-0.15, -0.1) is 11.3 Å². The van der Waals surface area contributed by atoms with Gasteiger partial charge in [0.2, 0.25) is 5.91 Å². The average molecular weight is 309 g/mol. The molecule has 0 aliphatic heterocycles. The molecule has 3 N–H and O–H groups in total. The fourth-order valence-electron chi connectivity index (χ4n) is 1.68. The van der Waals surface area contributed by atoms with Crippen LogP contribution >= 0.6 is 23.1 Å². The van der Waals surface area contributed by atoms with Gasteiger partial charge in [-0.05, 0) is 29.9 Å². The molecular formula is C14H19N3OS2. The molecular weight excluding hydrogens is 290 g/mol. The second-order valence-electron chi connectivity index (χ2n) is 5.70. The summed E-state index contributed by atoms with van der Waals surface area (Å²) in [6, 6.07) is 5.19. The van der Waals surface area contributed by atoms with E-state index in [9.17, 15) is 4.79 Å². The number of aromatic nitrogens is 1. The van der Waals surface area contributed by atoms with E-state index in [2.05, 4.69) is 10.3 Å². The van der Waals surface area contributed by atoms with Gasteiger partial charge >= 0.3 is 0 Å². The Labute approximate surface area is 127 Å². The minimum absolute atomic E-state index is 0.161. The highest BCUT2D eigenvalue weighted by Crippen LogP contribution is 2.30. The van der Waals surface area contributed by atoms with Crippen LogP contribution < -0.4 is 11.1 Å². The number of hydrogen-bond donors (Lipinski definition) is 2. The van der Waals surface area contributed by atoms with Gasteiger partial charge in [0.15, 0.2) is 4.34 Å². The SMILES string of the molecule is CSc1nc2ccc(NC(=O)[C@@H](N)C(C)(C)C)cc2s1. The number of thiazole rings is 1. The van der Waals surface area contributed by atoms with Gasteiger partial charge in [-0.25, -0.2) is 4.98 Å². The van der Waals surface area contributed by atoms with Crippen molar-refractivity contribution < 1.29 is 4.79 Å². The topological polar surface area (TPSA) is 68.0 Å². The van der Waals surface area contributed by atoms with Gasteiger partial charge in [-0.2, -0.15) is 0 Å². The highest BCUT2D eigenvalue weighted by atomic mass is 32.2. The van der Waals surface area contributed by atoms with Crippen LogP contribution in [0.25, 0.3) is 10.2 Å². The second-order valence-corrected chi connectivity index (χ2v) is 7.78. The minimum Gasteiger partial charge on any atom is -0.325 e. The van der Waals surface area contributed by atoms with Gasteiger partial charge in [0, 0.05) is 5.69 Å². The first kappa shape index (κ1) is 15.3. The van der Waals surface area contributed by atoms with Gasteiger partial charge in [0.25, 0.3) is 0 Å². The quantitative estimate of drug-likeness (QED) is 0.853. The van der Waals surface area contributed by atoms with Gasteiger partial charge in [-0.1, -0.05) is 32.5 Å². The predicted molar refractivity (Wildman–Crippen MR) is 87.5 cm³/mol. The fraction of sp³-hybridized carbons (Fsp3) is 0.429. The first-order valence-electron chi connectivity index (χ1n) is 6.32. The van der Waals surface area contributed by atoms with Crippen LogP contribution in [0.1, 0.15) is 20.8 Å². The number of thioether (sulfide) groups is 1. The molecule has 1 aromatic heterocycles. The van der Waals surface area contributed by atoms with Crippen LogP contribution in [0.5, 0.6) is 0 Å². The van der Waals surface area contributed by atoms with E-state index in [0.717, 1.165) is 20.2 Å². The van der Waals surface area contributed by atoms with Gasteiger partial charge in [0.1, 0.15) is 0 Å². The Kier molecular flexibility index (Phi) is 4.36. The Morgan fingerprint density at radius 2 is 2.15 bits per heavy atom. The van der Waals surface area contributed by atoms with Crippen LogP contribution in [0, 0.1) is 5.41 Å². The Hall–Kier alpha value is -1.11. The number of carbonyl (C=O) groups is 1. The summed E-state index contributed by atoms with van der Waals surface area (Å²) in [5, 5.41) is 2.88. The molecule has 2 rings (SSSR count). The van der Waals surface area contributed by atoms with E-state index < -0.39 is 6.04 Å². The maximum atomic E-state index is 12.1. The lowest BCUT2D eigenvalue weighted by atomic mass is 9.87. The van der Waals surface area contributed by atoms with Crippen molar-refractivity contribution in [1.82, 2.24) is 4.98 Å². The summed E-state index contributed by atoms with van der Waals surface area (Å²) >= 11 is 3.24. The van der Waals surface area contributed by atoms with Crippen LogP contribution in [-0.2, 0) is 4.79 Å². The molecule has 20 heavy (non-hydrogen) atoms. The summed E-state index contributed by atoms with van der Waals surface area (Å²) in [6.45, 7) is 5.86. The monoisotopic (exact) mass is 309 g/mol. The van der Waals surface area contributed by atoms with Crippen LogP contribution in [0.15, 0.2) is 22.5 Å². The van der Waals surface area contributed by atoms with Crippen molar-refractivity contribution in [2.75, 3.05) is 11.6 Å². The third-order valence-corrected chi connectivity index (χ3v) is 5.03. The number of hydrogen-bond acceptors (Lipinski definition) is 5. The molecule has 0 radical (unpaired) electrons. The van der Waals surface area contributed by atoms with Crippen molar-refractivity contribution in [2.24, 2.45) is 11.1 Å². The number of amides is 1. The molecule has 0 saturated carbocycles. The highest BCUT2D eigenvalue weighted by Gasteiger charge is 2.27. The van der Waals surface area contributed by atoms with Gasteiger partial charge in [-0.3, -0.25) is 4.79 Å². The Morgan fingerprint density at radius 1 is 1.45 bits per heavy atom. The molecule has 0 aliphatic rings. The van der Waals surface area contributed by atoms with Crippen molar-refractivity contribution >= 4 is 44.9 Å². The van der Waals surface area contributed by atoms with Gasteiger partial charge < -0.3 is 11.1 Å². The molecule has 0 spiro atoms. The lowest BCUT2D eigenvalue weighted by Crippen LogP contribution is -2.45. The molecule has 0 fully saturated rings. The predicted octanol–water partition coefficient (Wildman–Crippen LogP) is 3.33. The number of carbonyl (C=O) groups excluding carboxylic acids is 1. The normalized spacial score (nSPS) is 13.4. The zero-order valence-electron chi connectivity index (χ0n) is 12.1. The van der Waals surface area contributed by atoms with Crippen LogP contribution in [0.3, 0.4) is 0 Å². The van der Waals surface area contributed by atoms with E-state index in [1.165, 1.54) is 0 Å². The first-order valence-corrected chi connectivity index (χ1v) is 8.36.